The fraction of sp³-hybridized carbons (Fsp3) is 0.176. The number of nitrogens with one attached hydrogen (secondary N) is 2. The lowest BCUT2D eigenvalue weighted by Crippen LogP contribution is -2.28. The monoisotopic (exact) mass is 347 g/mol. The summed E-state index contributed by atoms with van der Waals surface area (Å²) in [5.41, 5.74) is 1.99. The number of aromatic nitrogens is 2. The minimum atomic E-state index is -0.673. The Morgan fingerprint density at radius 2 is 2.08 bits per heavy atom. The van der Waals surface area contributed by atoms with Crippen molar-refractivity contribution in [1.29, 1.82) is 0 Å². The first-order valence-electron chi connectivity index (χ1n) is 7.35. The van der Waals surface area contributed by atoms with Crippen molar-refractivity contribution in [2.45, 2.75) is 18.1 Å². The summed E-state index contributed by atoms with van der Waals surface area (Å²) in [6.45, 7) is 1.65. The van der Waals surface area contributed by atoms with Gasteiger partial charge in [0.25, 0.3) is 0 Å². The summed E-state index contributed by atoms with van der Waals surface area (Å²) in [6, 6.07) is 10.4. The molecule has 1 atom stereocenters. The molecule has 124 valence electrons. The van der Waals surface area contributed by atoms with Crippen LogP contribution in [-0.4, -0.2) is 21.6 Å². The Bertz CT molecular complexity index is 848. The van der Waals surface area contributed by atoms with E-state index in [9.17, 15) is 13.6 Å². The molecule has 0 unspecified atom stereocenters. The lowest BCUT2D eigenvalue weighted by molar-refractivity contribution is -0.119. The maximum absolute atomic E-state index is 13.7. The molecule has 0 bridgehead atoms. The quantitative estimate of drug-likeness (QED) is 0.690. The molecule has 0 aliphatic heterocycles. The third-order valence-corrected chi connectivity index (χ3v) is 4.39. The van der Waals surface area contributed by atoms with E-state index in [4.69, 9.17) is 0 Å². The van der Waals surface area contributed by atoms with E-state index in [1.165, 1.54) is 23.9 Å². The van der Waals surface area contributed by atoms with E-state index >= 15 is 0 Å². The van der Waals surface area contributed by atoms with Gasteiger partial charge >= 0.3 is 0 Å². The van der Waals surface area contributed by atoms with E-state index in [0.717, 1.165) is 17.1 Å². The number of benzene rings is 2. The van der Waals surface area contributed by atoms with Gasteiger partial charge in [-0.2, -0.15) is 0 Å². The SMILES string of the molecule is C[C@H](NC(=O)CSc1nc2ccccc2[nH]1)c1ccc(F)cc1F. The Balaban J connectivity index is 1.58. The highest BCUT2D eigenvalue weighted by atomic mass is 32.2. The minimum absolute atomic E-state index is 0.146. The predicted octanol–water partition coefficient (Wildman–Crippen LogP) is 3.81. The predicted molar refractivity (Wildman–Crippen MR) is 89.7 cm³/mol. The highest BCUT2D eigenvalue weighted by Gasteiger charge is 2.15. The summed E-state index contributed by atoms with van der Waals surface area (Å²) in [4.78, 5) is 19.5. The maximum atomic E-state index is 13.7. The summed E-state index contributed by atoms with van der Waals surface area (Å²) < 4.78 is 26.6. The molecule has 0 fully saturated rings. The smallest absolute Gasteiger partial charge is 0.230 e. The summed E-state index contributed by atoms with van der Waals surface area (Å²) in [5, 5.41) is 3.34. The second-order valence-electron chi connectivity index (χ2n) is 5.30. The number of rotatable bonds is 5. The summed E-state index contributed by atoms with van der Waals surface area (Å²) in [6.07, 6.45) is 0. The first-order valence-corrected chi connectivity index (χ1v) is 8.33. The molecule has 2 aromatic carbocycles. The number of hydrogen-bond donors (Lipinski definition) is 2. The number of hydrogen-bond acceptors (Lipinski definition) is 3. The van der Waals surface area contributed by atoms with Gasteiger partial charge in [0, 0.05) is 11.6 Å². The lowest BCUT2D eigenvalue weighted by Gasteiger charge is -2.14. The van der Waals surface area contributed by atoms with Crippen molar-refractivity contribution in [3.8, 4) is 0 Å². The van der Waals surface area contributed by atoms with E-state index in [-0.39, 0.29) is 17.2 Å². The van der Waals surface area contributed by atoms with Crippen LogP contribution in [0.15, 0.2) is 47.6 Å². The Labute approximate surface area is 141 Å². The van der Waals surface area contributed by atoms with Crippen LogP contribution in [0.5, 0.6) is 0 Å². The largest absolute Gasteiger partial charge is 0.349 e. The highest BCUT2D eigenvalue weighted by Crippen LogP contribution is 2.20. The van der Waals surface area contributed by atoms with Crippen LogP contribution in [0, 0.1) is 11.6 Å². The minimum Gasteiger partial charge on any atom is -0.349 e. The molecule has 0 saturated heterocycles. The van der Waals surface area contributed by atoms with Gasteiger partial charge in [-0.1, -0.05) is 30.0 Å². The number of carbonyl (C=O) groups excluding carboxylic acids is 1. The molecule has 24 heavy (non-hydrogen) atoms. The standard InChI is InChI=1S/C17H15F2N3OS/c1-10(12-7-6-11(18)8-13(12)19)20-16(23)9-24-17-21-14-4-2-3-5-15(14)22-17/h2-8,10H,9H2,1H3,(H,20,23)(H,21,22)/t10-/m0/s1. The van der Waals surface area contributed by atoms with E-state index in [0.29, 0.717) is 5.16 Å². The zero-order chi connectivity index (χ0) is 17.1. The van der Waals surface area contributed by atoms with E-state index in [1.54, 1.807) is 6.92 Å². The molecule has 0 saturated carbocycles. The average Bonchev–Trinajstić information content (AvgIpc) is 2.95. The molecule has 7 heteroatoms. The van der Waals surface area contributed by atoms with Gasteiger partial charge in [-0.15, -0.1) is 0 Å². The van der Waals surface area contributed by atoms with Crippen molar-refractivity contribution in [2.75, 3.05) is 5.75 Å². The second kappa shape index (κ2) is 7.00. The number of imidazole rings is 1. The number of amides is 1. The molecule has 2 N–H and O–H groups in total. The van der Waals surface area contributed by atoms with Crippen molar-refractivity contribution < 1.29 is 13.6 Å². The summed E-state index contributed by atoms with van der Waals surface area (Å²) in [7, 11) is 0. The molecule has 4 nitrogen and oxygen atoms in total. The molecule has 3 aromatic rings. The van der Waals surface area contributed by atoms with Crippen LogP contribution in [0.2, 0.25) is 0 Å². The topological polar surface area (TPSA) is 57.8 Å². The molecule has 3 rings (SSSR count). The van der Waals surface area contributed by atoms with Crippen LogP contribution in [0.4, 0.5) is 8.78 Å². The zero-order valence-electron chi connectivity index (χ0n) is 12.8. The molecule has 0 radical (unpaired) electrons. The number of thioether (sulfide) groups is 1. The second-order valence-corrected chi connectivity index (χ2v) is 6.27. The Kier molecular flexibility index (Phi) is 4.80. The summed E-state index contributed by atoms with van der Waals surface area (Å²) in [5.74, 6) is -1.42. The molecular weight excluding hydrogens is 332 g/mol. The van der Waals surface area contributed by atoms with Gasteiger partial charge in [0.1, 0.15) is 11.6 Å². The highest BCUT2D eigenvalue weighted by molar-refractivity contribution is 7.99. The number of para-hydroxylation sites is 2. The van der Waals surface area contributed by atoms with Crippen LogP contribution < -0.4 is 5.32 Å². The molecule has 0 aliphatic carbocycles. The maximum Gasteiger partial charge on any atom is 0.230 e. The first kappa shape index (κ1) is 16.4. The number of fused-ring (bicyclic) bond motifs is 1. The van der Waals surface area contributed by atoms with Gasteiger partial charge in [0.15, 0.2) is 5.16 Å². The van der Waals surface area contributed by atoms with Crippen LogP contribution in [-0.2, 0) is 4.79 Å². The van der Waals surface area contributed by atoms with Crippen LogP contribution in [0.25, 0.3) is 11.0 Å². The fourth-order valence-electron chi connectivity index (χ4n) is 2.35. The van der Waals surface area contributed by atoms with E-state index in [2.05, 4.69) is 15.3 Å². The average molecular weight is 347 g/mol. The van der Waals surface area contributed by atoms with E-state index in [1.807, 2.05) is 24.3 Å². The van der Waals surface area contributed by atoms with Gasteiger partial charge in [0.05, 0.1) is 22.8 Å². The lowest BCUT2D eigenvalue weighted by atomic mass is 10.1. The van der Waals surface area contributed by atoms with Crippen molar-refractivity contribution in [1.82, 2.24) is 15.3 Å². The normalized spacial score (nSPS) is 12.3. The Morgan fingerprint density at radius 1 is 1.29 bits per heavy atom. The molecule has 1 heterocycles. The van der Waals surface area contributed by atoms with Crippen molar-refractivity contribution in [3.05, 3.63) is 59.7 Å². The number of carbonyl (C=O) groups is 1. The molecular formula is C17H15F2N3OS. The van der Waals surface area contributed by atoms with Crippen molar-refractivity contribution in [3.63, 3.8) is 0 Å². The molecule has 0 spiro atoms. The van der Waals surface area contributed by atoms with Gasteiger partial charge in [-0.25, -0.2) is 13.8 Å². The van der Waals surface area contributed by atoms with Crippen LogP contribution in [0.3, 0.4) is 0 Å². The molecule has 0 aliphatic rings. The van der Waals surface area contributed by atoms with Crippen LogP contribution in [0.1, 0.15) is 18.5 Å². The van der Waals surface area contributed by atoms with Gasteiger partial charge in [-0.05, 0) is 25.1 Å². The van der Waals surface area contributed by atoms with Crippen molar-refractivity contribution in [2.24, 2.45) is 0 Å². The molecule has 1 aromatic heterocycles. The third-order valence-electron chi connectivity index (χ3n) is 3.51. The van der Waals surface area contributed by atoms with Crippen LogP contribution >= 0.6 is 11.8 Å². The van der Waals surface area contributed by atoms with Crippen molar-refractivity contribution >= 4 is 28.7 Å². The number of H-pyrrole nitrogens is 1. The van der Waals surface area contributed by atoms with Gasteiger partial charge in [0.2, 0.25) is 5.91 Å². The summed E-state index contributed by atoms with van der Waals surface area (Å²) >= 11 is 1.27. The van der Waals surface area contributed by atoms with Gasteiger partial charge in [-0.3, -0.25) is 4.79 Å². The Hall–Kier alpha value is -2.41. The van der Waals surface area contributed by atoms with Gasteiger partial charge < -0.3 is 10.3 Å². The first-order chi connectivity index (χ1) is 11.5. The molecule has 1 amide bonds. The third kappa shape index (κ3) is 3.73. The van der Waals surface area contributed by atoms with E-state index < -0.39 is 17.7 Å². The number of aromatic amines is 1. The fourth-order valence-corrected chi connectivity index (χ4v) is 3.04. The number of halogens is 2. The zero-order valence-corrected chi connectivity index (χ0v) is 13.7. The number of nitrogens with zero attached hydrogens (tertiary/aromatic N) is 1. The Morgan fingerprint density at radius 3 is 2.83 bits per heavy atom.